The normalized spacial score (nSPS) is 12.0. The monoisotopic (exact) mass is 333 g/mol. The van der Waals surface area contributed by atoms with E-state index in [9.17, 15) is 13.2 Å². The first-order chi connectivity index (χ1) is 10.7. The minimum Gasteiger partial charge on any atom is -0.322 e. The highest BCUT2D eigenvalue weighted by Crippen LogP contribution is 2.18. The number of nitrogens with one attached hydrogen (secondary N) is 2. The summed E-state index contributed by atoms with van der Waals surface area (Å²) in [5.74, 6) is -0.351. The average molecular weight is 333 g/mol. The second kappa shape index (κ2) is 6.47. The number of nitrogens with zero attached hydrogens (tertiary/aromatic N) is 1. The number of anilines is 1. The Balaban J connectivity index is 2.22. The van der Waals surface area contributed by atoms with Crippen LogP contribution in [-0.2, 0) is 10.0 Å². The lowest BCUT2D eigenvalue weighted by Crippen LogP contribution is -2.40. The lowest BCUT2D eigenvalue weighted by Gasteiger charge is -2.20. The molecular weight excluding hydrogens is 314 g/mol. The number of aromatic nitrogens is 1. The first kappa shape index (κ1) is 17.1. The van der Waals surface area contributed by atoms with Crippen molar-refractivity contribution in [2.75, 3.05) is 5.32 Å². The fourth-order valence-corrected chi connectivity index (χ4v) is 3.37. The number of amides is 1. The summed E-state index contributed by atoms with van der Waals surface area (Å²) < 4.78 is 27.2. The first-order valence-electron chi connectivity index (χ1n) is 7.03. The molecule has 0 fully saturated rings. The third kappa shape index (κ3) is 4.87. The van der Waals surface area contributed by atoms with E-state index in [0.717, 1.165) is 0 Å². The summed E-state index contributed by atoms with van der Waals surface area (Å²) in [6.45, 7) is 5.29. The third-order valence-corrected chi connectivity index (χ3v) is 4.52. The van der Waals surface area contributed by atoms with Crippen LogP contribution in [0.2, 0.25) is 0 Å². The van der Waals surface area contributed by atoms with Crippen molar-refractivity contribution in [2.45, 2.75) is 31.2 Å². The van der Waals surface area contributed by atoms with Gasteiger partial charge >= 0.3 is 0 Å². The predicted octanol–water partition coefficient (Wildman–Crippen LogP) is 2.41. The largest absolute Gasteiger partial charge is 0.322 e. The van der Waals surface area contributed by atoms with Crippen LogP contribution in [0, 0.1) is 0 Å². The van der Waals surface area contributed by atoms with Crippen molar-refractivity contribution in [3.63, 3.8) is 0 Å². The van der Waals surface area contributed by atoms with Crippen molar-refractivity contribution in [3.8, 4) is 0 Å². The van der Waals surface area contributed by atoms with Gasteiger partial charge in [0, 0.05) is 23.6 Å². The van der Waals surface area contributed by atoms with Gasteiger partial charge in [-0.25, -0.2) is 13.1 Å². The summed E-state index contributed by atoms with van der Waals surface area (Å²) in [5, 5.41) is 2.66. The zero-order chi connectivity index (χ0) is 17.1. The Morgan fingerprint density at radius 3 is 2.48 bits per heavy atom. The van der Waals surface area contributed by atoms with E-state index < -0.39 is 15.6 Å². The molecule has 0 atom stereocenters. The fraction of sp³-hybridized carbons (Fsp3) is 0.250. The van der Waals surface area contributed by atoms with Crippen LogP contribution < -0.4 is 10.0 Å². The number of hydrogen-bond acceptors (Lipinski definition) is 4. The van der Waals surface area contributed by atoms with E-state index >= 15 is 0 Å². The molecule has 2 aromatic rings. The SMILES string of the molecule is CC(C)(C)NS(=O)(=O)c1cccc(NC(=O)c2cccnc2)c1. The van der Waals surface area contributed by atoms with Crippen LogP contribution in [0.5, 0.6) is 0 Å². The number of rotatable bonds is 4. The van der Waals surface area contributed by atoms with E-state index in [1.807, 2.05) is 0 Å². The second-order valence-electron chi connectivity index (χ2n) is 6.08. The molecule has 1 amide bonds. The first-order valence-corrected chi connectivity index (χ1v) is 8.51. The van der Waals surface area contributed by atoms with Gasteiger partial charge in [0.25, 0.3) is 5.91 Å². The highest BCUT2D eigenvalue weighted by atomic mass is 32.2. The van der Waals surface area contributed by atoms with Gasteiger partial charge in [0.1, 0.15) is 0 Å². The van der Waals surface area contributed by atoms with Crippen molar-refractivity contribution >= 4 is 21.6 Å². The Kier molecular flexibility index (Phi) is 4.82. The smallest absolute Gasteiger partial charge is 0.257 e. The molecule has 0 bridgehead atoms. The quantitative estimate of drug-likeness (QED) is 0.899. The predicted molar refractivity (Wildman–Crippen MR) is 88.7 cm³/mol. The summed E-state index contributed by atoms with van der Waals surface area (Å²) in [5.41, 5.74) is 0.206. The number of sulfonamides is 1. The van der Waals surface area contributed by atoms with Gasteiger partial charge < -0.3 is 5.32 Å². The van der Waals surface area contributed by atoms with Crippen LogP contribution in [0.3, 0.4) is 0 Å². The molecule has 0 unspecified atom stereocenters. The molecule has 0 saturated heterocycles. The molecule has 6 nitrogen and oxygen atoms in total. The van der Waals surface area contributed by atoms with Crippen molar-refractivity contribution in [1.29, 1.82) is 0 Å². The fourth-order valence-electron chi connectivity index (χ4n) is 1.90. The van der Waals surface area contributed by atoms with Gasteiger partial charge in [-0.05, 0) is 51.1 Å². The summed E-state index contributed by atoms with van der Waals surface area (Å²) in [7, 11) is -3.65. The standard InChI is InChI=1S/C16H19N3O3S/c1-16(2,3)19-23(21,22)14-8-4-7-13(10-14)18-15(20)12-6-5-9-17-11-12/h4-11,19H,1-3H3,(H,18,20). The van der Waals surface area contributed by atoms with Crippen LogP contribution in [0.15, 0.2) is 53.7 Å². The van der Waals surface area contributed by atoms with Gasteiger partial charge in [0.15, 0.2) is 0 Å². The van der Waals surface area contributed by atoms with Crippen molar-refractivity contribution in [1.82, 2.24) is 9.71 Å². The van der Waals surface area contributed by atoms with E-state index in [2.05, 4.69) is 15.0 Å². The van der Waals surface area contributed by atoms with E-state index in [1.165, 1.54) is 18.3 Å². The number of pyridine rings is 1. The number of benzene rings is 1. The summed E-state index contributed by atoms with van der Waals surface area (Å²) in [6, 6.07) is 9.39. The lowest BCUT2D eigenvalue weighted by molar-refractivity contribution is 0.102. The maximum absolute atomic E-state index is 12.3. The van der Waals surface area contributed by atoms with Crippen LogP contribution in [0.1, 0.15) is 31.1 Å². The number of carbonyl (C=O) groups is 1. The van der Waals surface area contributed by atoms with Crippen LogP contribution in [0.25, 0.3) is 0 Å². The van der Waals surface area contributed by atoms with Crippen molar-refractivity contribution < 1.29 is 13.2 Å². The summed E-state index contributed by atoms with van der Waals surface area (Å²) >= 11 is 0. The maximum Gasteiger partial charge on any atom is 0.257 e. The molecule has 0 spiro atoms. The molecule has 7 heteroatoms. The van der Waals surface area contributed by atoms with Crippen molar-refractivity contribution in [2.24, 2.45) is 0 Å². The van der Waals surface area contributed by atoms with E-state index in [4.69, 9.17) is 0 Å². The van der Waals surface area contributed by atoms with E-state index in [-0.39, 0.29) is 10.8 Å². The molecule has 0 radical (unpaired) electrons. The molecule has 0 aliphatic rings. The maximum atomic E-state index is 12.3. The highest BCUT2D eigenvalue weighted by Gasteiger charge is 2.22. The van der Waals surface area contributed by atoms with Crippen LogP contribution >= 0.6 is 0 Å². The van der Waals surface area contributed by atoms with Gasteiger partial charge in [0.2, 0.25) is 10.0 Å². The molecule has 2 rings (SSSR count). The molecule has 1 aromatic heterocycles. The Labute approximate surface area is 136 Å². The molecule has 23 heavy (non-hydrogen) atoms. The topological polar surface area (TPSA) is 88.2 Å². The van der Waals surface area contributed by atoms with Crippen LogP contribution in [0.4, 0.5) is 5.69 Å². The number of carbonyl (C=O) groups excluding carboxylic acids is 1. The van der Waals surface area contributed by atoms with Gasteiger partial charge in [0.05, 0.1) is 10.5 Å². The minimum atomic E-state index is -3.65. The van der Waals surface area contributed by atoms with Crippen LogP contribution in [-0.4, -0.2) is 24.8 Å². The van der Waals surface area contributed by atoms with E-state index in [0.29, 0.717) is 11.3 Å². The molecule has 0 aliphatic heterocycles. The molecule has 122 valence electrons. The minimum absolute atomic E-state index is 0.0939. The van der Waals surface area contributed by atoms with Gasteiger partial charge in [-0.15, -0.1) is 0 Å². The van der Waals surface area contributed by atoms with Crippen molar-refractivity contribution in [3.05, 3.63) is 54.4 Å². The Hall–Kier alpha value is -2.25. The molecule has 2 N–H and O–H groups in total. The highest BCUT2D eigenvalue weighted by molar-refractivity contribution is 7.89. The molecule has 0 aliphatic carbocycles. The summed E-state index contributed by atoms with van der Waals surface area (Å²) in [4.78, 5) is 16.1. The second-order valence-corrected chi connectivity index (χ2v) is 7.76. The lowest BCUT2D eigenvalue weighted by atomic mass is 10.1. The van der Waals surface area contributed by atoms with Gasteiger partial charge in [-0.3, -0.25) is 9.78 Å². The Morgan fingerprint density at radius 2 is 1.87 bits per heavy atom. The Bertz CT molecular complexity index is 797. The van der Waals surface area contributed by atoms with Gasteiger partial charge in [-0.2, -0.15) is 0 Å². The molecule has 0 saturated carbocycles. The number of hydrogen-bond donors (Lipinski definition) is 2. The zero-order valence-electron chi connectivity index (χ0n) is 13.2. The molecule has 1 heterocycles. The molecular formula is C16H19N3O3S. The Morgan fingerprint density at radius 1 is 1.13 bits per heavy atom. The van der Waals surface area contributed by atoms with Gasteiger partial charge in [-0.1, -0.05) is 6.07 Å². The average Bonchev–Trinajstić information content (AvgIpc) is 2.46. The molecule has 1 aromatic carbocycles. The van der Waals surface area contributed by atoms with E-state index in [1.54, 1.807) is 51.2 Å². The zero-order valence-corrected chi connectivity index (χ0v) is 14.0. The third-order valence-electron chi connectivity index (χ3n) is 2.77. The summed E-state index contributed by atoms with van der Waals surface area (Å²) in [6.07, 6.45) is 3.01.